The summed E-state index contributed by atoms with van der Waals surface area (Å²) in [5.41, 5.74) is 3.22. The number of ketones is 1. The summed E-state index contributed by atoms with van der Waals surface area (Å²) in [4.78, 5) is 25.7. The van der Waals surface area contributed by atoms with Gasteiger partial charge in [-0.3, -0.25) is 9.59 Å². The Bertz CT molecular complexity index is 960. The molecule has 3 aromatic rings. The number of amides is 1. The van der Waals surface area contributed by atoms with Crippen molar-refractivity contribution in [2.75, 3.05) is 12.4 Å². The lowest BCUT2D eigenvalue weighted by Gasteiger charge is -2.11. The van der Waals surface area contributed by atoms with Gasteiger partial charge in [0.05, 0.1) is 7.11 Å². The molecule has 0 fully saturated rings. The molecule has 1 heterocycles. The average Bonchev–Trinajstić information content (AvgIpc) is 3.23. The van der Waals surface area contributed by atoms with Gasteiger partial charge in [-0.2, -0.15) is 0 Å². The molecule has 144 valence electrons. The fourth-order valence-electron chi connectivity index (χ4n) is 2.81. The molecular formula is C23H23NO3S. The van der Waals surface area contributed by atoms with Crippen molar-refractivity contribution in [3.05, 3.63) is 71.1 Å². The van der Waals surface area contributed by atoms with Crippen LogP contribution in [0.2, 0.25) is 0 Å². The van der Waals surface area contributed by atoms with Gasteiger partial charge in [0.1, 0.15) is 5.75 Å². The Morgan fingerprint density at radius 3 is 2.43 bits per heavy atom. The lowest BCUT2D eigenvalue weighted by atomic mass is 9.99. The van der Waals surface area contributed by atoms with Crippen LogP contribution in [-0.2, 0) is 11.2 Å². The lowest BCUT2D eigenvalue weighted by molar-refractivity contribution is -0.118. The van der Waals surface area contributed by atoms with Crippen LogP contribution < -0.4 is 10.1 Å². The number of ether oxygens (including phenoxy) is 1. The summed E-state index contributed by atoms with van der Waals surface area (Å²) in [6.45, 7) is 3.68. The standard InChI is InChI=1S/C23H23NO3S/c1-15(2)23(26)24-19-9-6-16(7-10-19)20(25)14-18-13-17(8-11-21(18)27-3)22-5-4-12-28-22/h4-13,15H,14H2,1-3H3,(H,24,26). The van der Waals surface area contributed by atoms with Crippen LogP contribution in [0.15, 0.2) is 60.0 Å². The minimum Gasteiger partial charge on any atom is -0.496 e. The molecule has 0 unspecified atom stereocenters. The molecule has 28 heavy (non-hydrogen) atoms. The van der Waals surface area contributed by atoms with Crippen molar-refractivity contribution in [2.45, 2.75) is 20.3 Å². The zero-order valence-electron chi connectivity index (χ0n) is 16.2. The van der Waals surface area contributed by atoms with E-state index >= 15 is 0 Å². The van der Waals surface area contributed by atoms with E-state index in [1.165, 1.54) is 0 Å². The van der Waals surface area contributed by atoms with Gasteiger partial charge in [0.25, 0.3) is 0 Å². The van der Waals surface area contributed by atoms with E-state index in [1.807, 2.05) is 43.5 Å². The predicted molar refractivity (Wildman–Crippen MR) is 114 cm³/mol. The Kier molecular flexibility index (Phi) is 6.26. The third-order valence-corrected chi connectivity index (χ3v) is 5.35. The summed E-state index contributed by atoms with van der Waals surface area (Å²) in [5, 5.41) is 4.86. The molecule has 0 atom stereocenters. The first kappa shape index (κ1) is 19.8. The molecule has 0 saturated heterocycles. The van der Waals surface area contributed by atoms with Crippen LogP contribution in [0.4, 0.5) is 5.69 Å². The number of anilines is 1. The largest absolute Gasteiger partial charge is 0.496 e. The number of hydrogen-bond donors (Lipinski definition) is 1. The van der Waals surface area contributed by atoms with Gasteiger partial charge in [0, 0.05) is 34.0 Å². The van der Waals surface area contributed by atoms with Crippen LogP contribution in [0.3, 0.4) is 0 Å². The number of methoxy groups -OCH3 is 1. The fraction of sp³-hybridized carbons (Fsp3) is 0.217. The molecule has 2 aromatic carbocycles. The van der Waals surface area contributed by atoms with Crippen LogP contribution >= 0.6 is 11.3 Å². The van der Waals surface area contributed by atoms with Crippen molar-refractivity contribution in [2.24, 2.45) is 5.92 Å². The second-order valence-corrected chi connectivity index (χ2v) is 7.77. The van der Waals surface area contributed by atoms with Gasteiger partial charge in [0.2, 0.25) is 5.91 Å². The molecule has 4 nitrogen and oxygen atoms in total. The van der Waals surface area contributed by atoms with E-state index in [2.05, 4.69) is 11.4 Å². The maximum absolute atomic E-state index is 12.8. The van der Waals surface area contributed by atoms with E-state index in [0.717, 1.165) is 16.0 Å². The number of carbonyl (C=O) groups is 2. The van der Waals surface area contributed by atoms with Crippen LogP contribution in [0, 0.1) is 5.92 Å². The van der Waals surface area contributed by atoms with Crippen molar-refractivity contribution >= 4 is 28.7 Å². The van der Waals surface area contributed by atoms with Gasteiger partial charge < -0.3 is 10.1 Å². The molecule has 1 N–H and O–H groups in total. The number of nitrogens with one attached hydrogen (secondary N) is 1. The zero-order valence-corrected chi connectivity index (χ0v) is 17.0. The van der Waals surface area contributed by atoms with Crippen molar-refractivity contribution in [1.82, 2.24) is 0 Å². The first-order chi connectivity index (χ1) is 13.5. The smallest absolute Gasteiger partial charge is 0.226 e. The third-order valence-electron chi connectivity index (χ3n) is 4.44. The maximum atomic E-state index is 12.8. The number of Topliss-reactive ketones (excluding diaryl/α,β-unsaturated/α-hetero) is 1. The quantitative estimate of drug-likeness (QED) is 0.544. The van der Waals surface area contributed by atoms with Crippen molar-refractivity contribution in [3.8, 4) is 16.2 Å². The molecular weight excluding hydrogens is 370 g/mol. The van der Waals surface area contributed by atoms with Crippen LogP contribution in [0.5, 0.6) is 5.75 Å². The summed E-state index contributed by atoms with van der Waals surface area (Å²) in [5.74, 6) is 0.566. The fourth-order valence-corrected chi connectivity index (χ4v) is 3.54. The Morgan fingerprint density at radius 2 is 1.82 bits per heavy atom. The highest BCUT2D eigenvalue weighted by molar-refractivity contribution is 7.13. The molecule has 0 bridgehead atoms. The number of carbonyl (C=O) groups excluding carboxylic acids is 2. The van der Waals surface area contributed by atoms with Crippen molar-refractivity contribution < 1.29 is 14.3 Å². The van der Waals surface area contributed by atoms with Gasteiger partial charge in [-0.1, -0.05) is 19.9 Å². The average molecular weight is 394 g/mol. The second kappa shape index (κ2) is 8.85. The van der Waals surface area contributed by atoms with Gasteiger partial charge in [-0.25, -0.2) is 0 Å². The van der Waals surface area contributed by atoms with Gasteiger partial charge in [-0.15, -0.1) is 11.3 Å². The normalized spacial score (nSPS) is 10.7. The summed E-state index contributed by atoms with van der Waals surface area (Å²) in [6.07, 6.45) is 0.250. The predicted octanol–water partition coefficient (Wildman–Crippen LogP) is 5.44. The van der Waals surface area contributed by atoms with Crippen molar-refractivity contribution in [1.29, 1.82) is 0 Å². The Labute approximate surface area is 169 Å². The van der Waals surface area contributed by atoms with E-state index in [9.17, 15) is 9.59 Å². The minimum atomic E-state index is -0.0932. The highest BCUT2D eigenvalue weighted by Gasteiger charge is 2.13. The van der Waals surface area contributed by atoms with Crippen molar-refractivity contribution in [3.63, 3.8) is 0 Å². The molecule has 1 amide bonds. The molecule has 0 saturated carbocycles. The first-order valence-corrected chi connectivity index (χ1v) is 10.0. The first-order valence-electron chi connectivity index (χ1n) is 9.13. The molecule has 0 aliphatic carbocycles. The van der Waals surface area contributed by atoms with Gasteiger partial charge in [-0.05, 0) is 59.5 Å². The molecule has 0 aliphatic rings. The number of rotatable bonds is 7. The van der Waals surface area contributed by atoms with Crippen LogP contribution in [0.1, 0.15) is 29.8 Å². The summed E-state index contributed by atoms with van der Waals surface area (Å²) in [6, 6.07) is 17.0. The molecule has 3 rings (SSSR count). The Hall–Kier alpha value is -2.92. The van der Waals surface area contributed by atoms with E-state index < -0.39 is 0 Å². The van der Waals surface area contributed by atoms with E-state index in [-0.39, 0.29) is 24.0 Å². The van der Waals surface area contributed by atoms with E-state index in [0.29, 0.717) is 17.0 Å². The summed E-state index contributed by atoms with van der Waals surface area (Å²) in [7, 11) is 1.61. The van der Waals surface area contributed by atoms with Gasteiger partial charge >= 0.3 is 0 Å². The SMILES string of the molecule is COc1ccc(-c2cccs2)cc1CC(=O)c1ccc(NC(=O)C(C)C)cc1. The topological polar surface area (TPSA) is 55.4 Å². The van der Waals surface area contributed by atoms with Gasteiger partial charge in [0.15, 0.2) is 5.78 Å². The molecule has 0 radical (unpaired) electrons. The molecule has 1 aromatic heterocycles. The van der Waals surface area contributed by atoms with Crippen LogP contribution in [0.25, 0.3) is 10.4 Å². The number of hydrogen-bond acceptors (Lipinski definition) is 4. The lowest BCUT2D eigenvalue weighted by Crippen LogP contribution is -2.17. The van der Waals surface area contributed by atoms with E-state index in [1.54, 1.807) is 42.7 Å². The number of benzene rings is 2. The monoisotopic (exact) mass is 393 g/mol. The van der Waals surface area contributed by atoms with Crippen LogP contribution in [-0.4, -0.2) is 18.8 Å². The maximum Gasteiger partial charge on any atom is 0.226 e. The molecule has 0 aliphatic heterocycles. The Balaban J connectivity index is 1.77. The third kappa shape index (κ3) is 4.67. The number of thiophene rings is 1. The highest BCUT2D eigenvalue weighted by Crippen LogP contribution is 2.30. The summed E-state index contributed by atoms with van der Waals surface area (Å²) >= 11 is 1.66. The molecule has 5 heteroatoms. The summed E-state index contributed by atoms with van der Waals surface area (Å²) < 4.78 is 5.44. The second-order valence-electron chi connectivity index (χ2n) is 6.83. The Morgan fingerprint density at radius 1 is 1.07 bits per heavy atom. The minimum absolute atomic E-state index is 0.00312. The highest BCUT2D eigenvalue weighted by atomic mass is 32.1. The molecule has 0 spiro atoms. The van der Waals surface area contributed by atoms with E-state index in [4.69, 9.17) is 4.74 Å². The zero-order chi connectivity index (χ0) is 20.1.